The van der Waals surface area contributed by atoms with Gasteiger partial charge in [0.25, 0.3) is 5.91 Å². The summed E-state index contributed by atoms with van der Waals surface area (Å²) in [5.74, 6) is -0.123. The molecule has 27 heavy (non-hydrogen) atoms. The molecule has 3 nitrogen and oxygen atoms in total. The van der Waals surface area contributed by atoms with Crippen LogP contribution in [0, 0.1) is 13.8 Å². The summed E-state index contributed by atoms with van der Waals surface area (Å²) in [6.45, 7) is 4.02. The second kappa shape index (κ2) is 7.04. The van der Waals surface area contributed by atoms with Gasteiger partial charge in [0.2, 0.25) is 0 Å². The van der Waals surface area contributed by atoms with Gasteiger partial charge in [0.05, 0.1) is 16.8 Å². The Morgan fingerprint density at radius 1 is 0.852 bits per heavy atom. The standard InChI is InChI=1S/C24H20N2O/c1-16-11-13-18(14-12-16)20-9-3-6-17(2)22(20)24(27)26-21-10-4-7-19-8-5-15-25-23(19)21/h3-15H,1-2H3,(H,26,27). The SMILES string of the molecule is Cc1ccc(-c2cccc(C)c2C(=O)Nc2cccc3cccnc23)cc1. The number of pyridine rings is 1. The summed E-state index contributed by atoms with van der Waals surface area (Å²) < 4.78 is 0. The smallest absolute Gasteiger partial charge is 0.256 e. The maximum Gasteiger partial charge on any atom is 0.256 e. The minimum Gasteiger partial charge on any atom is -0.320 e. The minimum absolute atomic E-state index is 0.123. The maximum absolute atomic E-state index is 13.2. The van der Waals surface area contributed by atoms with Crippen LogP contribution in [0.2, 0.25) is 0 Å². The monoisotopic (exact) mass is 352 g/mol. The Hall–Kier alpha value is -3.46. The van der Waals surface area contributed by atoms with Crippen LogP contribution in [0.15, 0.2) is 79.0 Å². The Balaban J connectivity index is 1.77. The summed E-state index contributed by atoms with van der Waals surface area (Å²) in [5.41, 5.74) is 6.30. The molecule has 0 aliphatic rings. The molecule has 1 amide bonds. The lowest BCUT2D eigenvalue weighted by molar-refractivity contribution is 0.102. The van der Waals surface area contributed by atoms with Crippen LogP contribution in [0.1, 0.15) is 21.5 Å². The summed E-state index contributed by atoms with van der Waals surface area (Å²) in [7, 11) is 0. The van der Waals surface area contributed by atoms with Gasteiger partial charge in [0.15, 0.2) is 0 Å². The number of hydrogen-bond acceptors (Lipinski definition) is 2. The molecular formula is C24H20N2O. The topological polar surface area (TPSA) is 42.0 Å². The molecule has 0 bridgehead atoms. The van der Waals surface area contributed by atoms with Crippen LogP contribution in [0.25, 0.3) is 22.0 Å². The van der Waals surface area contributed by atoms with E-state index < -0.39 is 0 Å². The zero-order valence-electron chi connectivity index (χ0n) is 15.4. The number of amides is 1. The predicted molar refractivity (Wildman–Crippen MR) is 111 cm³/mol. The van der Waals surface area contributed by atoms with Crippen LogP contribution in [0.3, 0.4) is 0 Å². The molecule has 0 radical (unpaired) electrons. The van der Waals surface area contributed by atoms with Gasteiger partial charge in [0.1, 0.15) is 0 Å². The molecule has 1 aromatic heterocycles. The van der Waals surface area contributed by atoms with E-state index >= 15 is 0 Å². The highest BCUT2D eigenvalue weighted by Crippen LogP contribution is 2.28. The first-order chi connectivity index (χ1) is 13.1. The van der Waals surface area contributed by atoms with E-state index in [1.165, 1.54) is 5.56 Å². The Morgan fingerprint density at radius 3 is 2.41 bits per heavy atom. The molecule has 0 spiro atoms. The Kier molecular flexibility index (Phi) is 4.43. The van der Waals surface area contributed by atoms with Crippen LogP contribution >= 0.6 is 0 Å². The first kappa shape index (κ1) is 17.0. The number of carbonyl (C=O) groups is 1. The lowest BCUT2D eigenvalue weighted by atomic mass is 9.95. The predicted octanol–water partition coefficient (Wildman–Crippen LogP) is 5.77. The van der Waals surface area contributed by atoms with E-state index in [1.807, 2.05) is 55.5 Å². The highest BCUT2D eigenvalue weighted by molar-refractivity contribution is 6.12. The number of hydrogen-bond donors (Lipinski definition) is 1. The Morgan fingerprint density at radius 2 is 1.59 bits per heavy atom. The number of aromatic nitrogens is 1. The van der Waals surface area contributed by atoms with Crippen LogP contribution in [0.4, 0.5) is 5.69 Å². The third-order valence-corrected chi connectivity index (χ3v) is 4.74. The van der Waals surface area contributed by atoms with Crippen molar-refractivity contribution >= 4 is 22.5 Å². The highest BCUT2D eigenvalue weighted by atomic mass is 16.1. The van der Waals surface area contributed by atoms with Gasteiger partial charge in [-0.05, 0) is 42.7 Å². The van der Waals surface area contributed by atoms with Crippen LogP contribution in [-0.4, -0.2) is 10.9 Å². The lowest BCUT2D eigenvalue weighted by Crippen LogP contribution is -2.15. The van der Waals surface area contributed by atoms with Crippen LogP contribution in [-0.2, 0) is 0 Å². The van der Waals surface area contributed by atoms with Gasteiger partial charge < -0.3 is 5.32 Å². The Labute approximate surface area is 158 Å². The minimum atomic E-state index is -0.123. The highest BCUT2D eigenvalue weighted by Gasteiger charge is 2.16. The molecule has 4 rings (SSSR count). The molecule has 0 fully saturated rings. The molecule has 0 aliphatic heterocycles. The van der Waals surface area contributed by atoms with Crippen LogP contribution < -0.4 is 5.32 Å². The molecule has 0 saturated carbocycles. The van der Waals surface area contributed by atoms with E-state index in [9.17, 15) is 4.79 Å². The molecule has 0 saturated heterocycles. The van der Waals surface area contributed by atoms with Crippen molar-refractivity contribution in [3.8, 4) is 11.1 Å². The van der Waals surface area contributed by atoms with Gasteiger partial charge in [-0.25, -0.2) is 0 Å². The second-order valence-electron chi connectivity index (χ2n) is 6.70. The van der Waals surface area contributed by atoms with Crippen molar-refractivity contribution < 1.29 is 4.79 Å². The molecule has 1 N–H and O–H groups in total. The molecular weight excluding hydrogens is 332 g/mol. The van der Waals surface area contributed by atoms with Crippen molar-refractivity contribution in [1.82, 2.24) is 4.98 Å². The number of nitrogens with zero attached hydrogens (tertiary/aromatic N) is 1. The van der Waals surface area contributed by atoms with Gasteiger partial charge in [0, 0.05) is 11.6 Å². The second-order valence-corrected chi connectivity index (χ2v) is 6.70. The molecule has 0 atom stereocenters. The van der Waals surface area contributed by atoms with Gasteiger partial charge in [-0.3, -0.25) is 9.78 Å². The fourth-order valence-electron chi connectivity index (χ4n) is 3.33. The van der Waals surface area contributed by atoms with Crippen molar-refractivity contribution in [2.45, 2.75) is 13.8 Å². The van der Waals surface area contributed by atoms with E-state index in [0.717, 1.165) is 33.3 Å². The number of benzene rings is 3. The van der Waals surface area contributed by atoms with Crippen molar-refractivity contribution in [2.24, 2.45) is 0 Å². The van der Waals surface area contributed by atoms with Crippen LogP contribution in [0.5, 0.6) is 0 Å². The average Bonchev–Trinajstić information content (AvgIpc) is 2.68. The van der Waals surface area contributed by atoms with Crippen molar-refractivity contribution in [3.05, 3.63) is 95.7 Å². The summed E-state index contributed by atoms with van der Waals surface area (Å²) >= 11 is 0. The summed E-state index contributed by atoms with van der Waals surface area (Å²) in [6, 6.07) is 23.9. The zero-order valence-corrected chi connectivity index (χ0v) is 15.4. The van der Waals surface area contributed by atoms with E-state index in [2.05, 4.69) is 41.5 Å². The Bertz CT molecular complexity index is 1130. The molecule has 0 aliphatic carbocycles. The zero-order chi connectivity index (χ0) is 18.8. The number of para-hydroxylation sites is 1. The lowest BCUT2D eigenvalue weighted by Gasteiger charge is -2.14. The summed E-state index contributed by atoms with van der Waals surface area (Å²) in [6.07, 6.45) is 1.74. The number of anilines is 1. The fourth-order valence-corrected chi connectivity index (χ4v) is 3.33. The van der Waals surface area contributed by atoms with Gasteiger partial charge in [-0.15, -0.1) is 0 Å². The third-order valence-electron chi connectivity index (χ3n) is 4.74. The number of aryl methyl sites for hydroxylation is 2. The van der Waals surface area contributed by atoms with E-state index in [-0.39, 0.29) is 5.91 Å². The van der Waals surface area contributed by atoms with Gasteiger partial charge in [-0.1, -0.05) is 66.2 Å². The number of carbonyl (C=O) groups excluding carboxylic acids is 1. The quantitative estimate of drug-likeness (QED) is 0.508. The molecule has 0 unspecified atom stereocenters. The molecule has 1 heterocycles. The largest absolute Gasteiger partial charge is 0.320 e. The molecule has 3 heteroatoms. The average molecular weight is 352 g/mol. The van der Waals surface area contributed by atoms with Gasteiger partial charge >= 0.3 is 0 Å². The summed E-state index contributed by atoms with van der Waals surface area (Å²) in [5, 5.41) is 4.06. The number of rotatable bonds is 3. The normalized spacial score (nSPS) is 10.7. The molecule has 3 aromatic carbocycles. The van der Waals surface area contributed by atoms with E-state index in [0.29, 0.717) is 5.56 Å². The first-order valence-corrected chi connectivity index (χ1v) is 8.95. The fraction of sp³-hybridized carbons (Fsp3) is 0.0833. The van der Waals surface area contributed by atoms with Crippen molar-refractivity contribution in [2.75, 3.05) is 5.32 Å². The molecule has 132 valence electrons. The van der Waals surface area contributed by atoms with E-state index in [1.54, 1.807) is 6.20 Å². The number of nitrogens with one attached hydrogen (secondary N) is 1. The number of fused-ring (bicyclic) bond motifs is 1. The molecule has 4 aromatic rings. The van der Waals surface area contributed by atoms with Crippen molar-refractivity contribution in [3.63, 3.8) is 0 Å². The summed E-state index contributed by atoms with van der Waals surface area (Å²) in [4.78, 5) is 17.6. The van der Waals surface area contributed by atoms with Crippen molar-refractivity contribution in [1.29, 1.82) is 0 Å². The third kappa shape index (κ3) is 3.32. The maximum atomic E-state index is 13.2. The van der Waals surface area contributed by atoms with Gasteiger partial charge in [-0.2, -0.15) is 0 Å². The van der Waals surface area contributed by atoms with E-state index in [4.69, 9.17) is 0 Å². The first-order valence-electron chi connectivity index (χ1n) is 8.95.